The Kier molecular flexibility index (Phi) is 4.01. The summed E-state index contributed by atoms with van der Waals surface area (Å²) in [5.74, 6) is 1.11. The second kappa shape index (κ2) is 6.20. The smallest absolute Gasteiger partial charge is 0.261 e. The van der Waals surface area contributed by atoms with Crippen molar-refractivity contribution in [1.82, 2.24) is 9.55 Å². The van der Waals surface area contributed by atoms with Crippen LogP contribution in [0.2, 0.25) is 5.02 Å². The van der Waals surface area contributed by atoms with E-state index < -0.39 is 10.0 Å². The van der Waals surface area contributed by atoms with Crippen molar-refractivity contribution in [3.05, 3.63) is 65.6 Å². The average molecular weight is 374 g/mol. The van der Waals surface area contributed by atoms with E-state index in [0.29, 0.717) is 10.7 Å². The van der Waals surface area contributed by atoms with E-state index in [1.807, 2.05) is 18.3 Å². The number of benzene rings is 2. The summed E-state index contributed by atoms with van der Waals surface area (Å²) in [7, 11) is -3.63. The summed E-state index contributed by atoms with van der Waals surface area (Å²) in [5, 5.41) is 0.497. The molecule has 0 bridgehead atoms. The van der Waals surface area contributed by atoms with Gasteiger partial charge in [0.25, 0.3) is 10.0 Å². The quantitative estimate of drug-likeness (QED) is 0.753. The van der Waals surface area contributed by atoms with Crippen molar-refractivity contribution in [1.29, 1.82) is 0 Å². The third-order valence-electron chi connectivity index (χ3n) is 4.28. The minimum absolute atomic E-state index is 0.176. The molecule has 1 aliphatic heterocycles. The van der Waals surface area contributed by atoms with Crippen molar-refractivity contribution in [3.8, 4) is 11.3 Å². The molecule has 4 rings (SSSR count). The number of aryl methyl sites for hydroxylation is 1. The van der Waals surface area contributed by atoms with Crippen LogP contribution in [0.25, 0.3) is 11.3 Å². The largest absolute Gasteiger partial charge is 0.328 e. The van der Waals surface area contributed by atoms with Crippen molar-refractivity contribution in [2.75, 3.05) is 4.72 Å². The first-order valence-electron chi connectivity index (χ1n) is 7.96. The molecular weight excluding hydrogens is 358 g/mol. The van der Waals surface area contributed by atoms with Gasteiger partial charge < -0.3 is 4.57 Å². The predicted octanol–water partition coefficient (Wildman–Crippen LogP) is 3.95. The number of anilines is 1. The van der Waals surface area contributed by atoms with E-state index in [4.69, 9.17) is 11.6 Å². The van der Waals surface area contributed by atoms with Gasteiger partial charge in [0.05, 0.1) is 16.8 Å². The van der Waals surface area contributed by atoms with Crippen molar-refractivity contribution in [3.63, 3.8) is 0 Å². The van der Waals surface area contributed by atoms with E-state index in [-0.39, 0.29) is 4.90 Å². The Morgan fingerprint density at radius 3 is 2.48 bits per heavy atom. The molecule has 3 aromatic rings. The molecule has 128 valence electrons. The van der Waals surface area contributed by atoms with E-state index in [1.54, 1.807) is 24.3 Å². The number of nitrogens with one attached hydrogen (secondary N) is 1. The van der Waals surface area contributed by atoms with E-state index in [1.165, 1.54) is 12.1 Å². The molecule has 0 amide bonds. The Labute approximate surface area is 151 Å². The van der Waals surface area contributed by atoms with Crippen LogP contribution in [0, 0.1) is 0 Å². The van der Waals surface area contributed by atoms with Crippen molar-refractivity contribution < 1.29 is 8.42 Å². The third-order valence-corrected chi connectivity index (χ3v) is 5.93. The van der Waals surface area contributed by atoms with Gasteiger partial charge in [0.15, 0.2) is 0 Å². The number of sulfonamides is 1. The Balaban J connectivity index is 1.57. The fourth-order valence-corrected chi connectivity index (χ4v) is 4.21. The van der Waals surface area contributed by atoms with Crippen LogP contribution in [-0.4, -0.2) is 18.0 Å². The number of halogens is 1. The van der Waals surface area contributed by atoms with Crippen molar-refractivity contribution in [2.24, 2.45) is 0 Å². The van der Waals surface area contributed by atoms with Crippen LogP contribution in [0.1, 0.15) is 12.2 Å². The average Bonchev–Trinajstić information content (AvgIpc) is 3.19. The van der Waals surface area contributed by atoms with E-state index in [2.05, 4.69) is 14.3 Å². The highest BCUT2D eigenvalue weighted by Crippen LogP contribution is 2.27. The Bertz CT molecular complexity index is 1010. The van der Waals surface area contributed by atoms with Crippen LogP contribution in [0.15, 0.2) is 59.6 Å². The first kappa shape index (κ1) is 16.2. The number of fused-ring (bicyclic) bond motifs is 1. The zero-order chi connectivity index (χ0) is 17.4. The summed E-state index contributed by atoms with van der Waals surface area (Å²) in [6.07, 6.45) is 4.01. The maximum absolute atomic E-state index is 12.4. The van der Waals surface area contributed by atoms with Crippen LogP contribution in [0.5, 0.6) is 0 Å². The molecule has 7 heteroatoms. The normalized spacial score (nSPS) is 13.6. The minimum atomic E-state index is -3.63. The van der Waals surface area contributed by atoms with Gasteiger partial charge in [0, 0.05) is 23.7 Å². The summed E-state index contributed by atoms with van der Waals surface area (Å²) in [4.78, 5) is 4.62. The van der Waals surface area contributed by atoms with E-state index in [0.717, 1.165) is 36.5 Å². The number of imidazole rings is 1. The van der Waals surface area contributed by atoms with Crippen molar-refractivity contribution >= 4 is 27.3 Å². The van der Waals surface area contributed by atoms with Gasteiger partial charge in [-0.2, -0.15) is 0 Å². The fraction of sp³-hybridized carbons (Fsp3) is 0.167. The lowest BCUT2D eigenvalue weighted by molar-refractivity contribution is 0.601. The molecule has 1 N–H and O–H groups in total. The van der Waals surface area contributed by atoms with Crippen LogP contribution in [0.4, 0.5) is 5.69 Å². The molecule has 0 fully saturated rings. The Morgan fingerprint density at radius 2 is 1.76 bits per heavy atom. The molecule has 0 unspecified atom stereocenters. The number of hydrogen-bond donors (Lipinski definition) is 1. The maximum Gasteiger partial charge on any atom is 0.261 e. The number of rotatable bonds is 4. The minimum Gasteiger partial charge on any atom is -0.328 e. The molecule has 0 spiro atoms. The molecule has 2 heterocycles. The van der Waals surface area contributed by atoms with Gasteiger partial charge in [-0.3, -0.25) is 4.72 Å². The van der Waals surface area contributed by atoms with E-state index in [9.17, 15) is 8.42 Å². The summed E-state index contributed by atoms with van der Waals surface area (Å²) >= 11 is 5.81. The van der Waals surface area contributed by atoms with Crippen LogP contribution in [-0.2, 0) is 23.0 Å². The molecule has 25 heavy (non-hydrogen) atoms. The van der Waals surface area contributed by atoms with Gasteiger partial charge >= 0.3 is 0 Å². The van der Waals surface area contributed by atoms with Crippen molar-refractivity contribution in [2.45, 2.75) is 24.3 Å². The molecule has 1 aliphatic rings. The van der Waals surface area contributed by atoms with Gasteiger partial charge in [-0.25, -0.2) is 13.4 Å². The number of nitrogens with zero attached hydrogens (tertiary/aromatic N) is 2. The van der Waals surface area contributed by atoms with Gasteiger partial charge in [-0.1, -0.05) is 23.7 Å². The summed E-state index contributed by atoms with van der Waals surface area (Å²) < 4.78 is 29.6. The molecular formula is C18H16ClN3O2S. The highest BCUT2D eigenvalue weighted by molar-refractivity contribution is 7.92. The number of hydrogen-bond acceptors (Lipinski definition) is 3. The van der Waals surface area contributed by atoms with Crippen LogP contribution in [0.3, 0.4) is 0 Å². The lowest BCUT2D eigenvalue weighted by atomic mass is 10.1. The zero-order valence-electron chi connectivity index (χ0n) is 13.3. The number of aromatic nitrogens is 2. The first-order chi connectivity index (χ1) is 12.0. The SMILES string of the molecule is O=S(=O)(Nc1ccc(-c2cnc3n2CCC3)cc1)c1ccc(Cl)cc1. The molecule has 0 saturated heterocycles. The molecule has 0 radical (unpaired) electrons. The van der Waals surface area contributed by atoms with Gasteiger partial charge in [0.2, 0.25) is 0 Å². The van der Waals surface area contributed by atoms with Gasteiger partial charge in [0.1, 0.15) is 5.82 Å². The lowest BCUT2D eigenvalue weighted by Gasteiger charge is -2.10. The standard InChI is InChI=1S/C18H16ClN3O2S/c19-14-5-9-16(10-6-14)25(23,24)21-15-7-3-13(4-8-15)17-12-20-18-2-1-11-22(17)18/h3-10,12,21H,1-2,11H2. The molecule has 5 nitrogen and oxygen atoms in total. The second-order valence-corrected chi connectivity index (χ2v) is 8.07. The summed E-state index contributed by atoms with van der Waals surface area (Å²) in [6, 6.07) is 13.4. The maximum atomic E-state index is 12.4. The summed E-state index contributed by atoms with van der Waals surface area (Å²) in [6.45, 7) is 0.982. The van der Waals surface area contributed by atoms with Crippen LogP contribution < -0.4 is 4.72 Å². The lowest BCUT2D eigenvalue weighted by Crippen LogP contribution is -2.12. The van der Waals surface area contributed by atoms with Gasteiger partial charge in [-0.05, 0) is 48.4 Å². The third kappa shape index (κ3) is 3.15. The highest BCUT2D eigenvalue weighted by atomic mass is 35.5. The zero-order valence-corrected chi connectivity index (χ0v) is 14.9. The first-order valence-corrected chi connectivity index (χ1v) is 9.82. The second-order valence-electron chi connectivity index (χ2n) is 5.95. The van der Waals surface area contributed by atoms with E-state index >= 15 is 0 Å². The van der Waals surface area contributed by atoms with Crippen LogP contribution >= 0.6 is 11.6 Å². The highest BCUT2D eigenvalue weighted by Gasteiger charge is 2.17. The monoisotopic (exact) mass is 373 g/mol. The summed E-state index contributed by atoms with van der Waals surface area (Å²) in [5.41, 5.74) is 2.61. The predicted molar refractivity (Wildman–Crippen MR) is 98.2 cm³/mol. The molecule has 0 saturated carbocycles. The molecule has 0 atom stereocenters. The van der Waals surface area contributed by atoms with Gasteiger partial charge in [-0.15, -0.1) is 0 Å². The molecule has 0 aliphatic carbocycles. The fourth-order valence-electron chi connectivity index (χ4n) is 3.03. The molecule has 1 aromatic heterocycles. The Hall–Kier alpha value is -2.31. The Morgan fingerprint density at radius 1 is 1.04 bits per heavy atom. The molecule has 2 aromatic carbocycles. The topological polar surface area (TPSA) is 64.0 Å².